The number of halogens is 3. The molecule has 2 aliphatic carbocycles. The molecule has 0 spiro atoms. The van der Waals surface area contributed by atoms with Gasteiger partial charge >= 0.3 is 0 Å². The van der Waals surface area contributed by atoms with Crippen molar-refractivity contribution in [3.63, 3.8) is 0 Å². The first-order valence-electron chi connectivity index (χ1n) is 12.6. The van der Waals surface area contributed by atoms with Gasteiger partial charge in [0.1, 0.15) is 17.0 Å². The molecule has 0 atom stereocenters. The topological polar surface area (TPSA) is 93.3 Å². The number of nitrogens with one attached hydrogen (secondary N) is 2. The van der Waals surface area contributed by atoms with Gasteiger partial charge in [-0.15, -0.1) is 0 Å². The minimum absolute atomic E-state index is 0.00784. The molecule has 2 N–H and O–H groups in total. The molecule has 0 saturated heterocycles. The molecule has 2 amide bonds. The van der Waals surface area contributed by atoms with Crippen molar-refractivity contribution < 1.29 is 18.4 Å². The zero-order chi connectivity index (χ0) is 26.6. The normalized spacial score (nSPS) is 19.6. The monoisotopic (exact) mass is 555 g/mol. The Morgan fingerprint density at radius 1 is 0.921 bits per heavy atom. The van der Waals surface area contributed by atoms with Crippen LogP contribution in [0.15, 0.2) is 51.8 Å². The second-order valence-corrected chi connectivity index (χ2v) is 10.9. The molecule has 2 aromatic heterocycles. The van der Waals surface area contributed by atoms with Gasteiger partial charge in [-0.3, -0.25) is 14.4 Å². The Bertz CT molecular complexity index is 1650. The maximum atomic E-state index is 14.2. The number of benzene rings is 2. The molecule has 0 aliphatic heterocycles. The highest BCUT2D eigenvalue weighted by atomic mass is 35.5. The van der Waals surface area contributed by atoms with E-state index in [9.17, 15) is 18.8 Å². The van der Waals surface area contributed by atoms with Gasteiger partial charge in [-0.2, -0.15) is 0 Å². The third-order valence-electron chi connectivity index (χ3n) is 7.36. The maximum absolute atomic E-state index is 14.2. The summed E-state index contributed by atoms with van der Waals surface area (Å²) in [6.45, 7) is 0. The number of furan rings is 1. The number of hydrogen-bond acceptors (Lipinski definition) is 4. The van der Waals surface area contributed by atoms with Crippen molar-refractivity contribution in [2.45, 2.75) is 56.7 Å². The second-order valence-electron chi connectivity index (χ2n) is 10.1. The summed E-state index contributed by atoms with van der Waals surface area (Å²) in [5, 5.41) is 7.38. The SMILES string of the molecule is O=C(N[C@H]1CC[C@H](NC(=O)c2cn(C3CC3)c3cc(Cl)c(F)cc3c2=O)CC1)c1cc2cc(Cl)ccc2o1. The summed E-state index contributed by atoms with van der Waals surface area (Å²) in [4.78, 5) is 39.0. The van der Waals surface area contributed by atoms with Gasteiger partial charge in [-0.25, -0.2) is 4.39 Å². The van der Waals surface area contributed by atoms with Crippen LogP contribution in [0.4, 0.5) is 4.39 Å². The van der Waals surface area contributed by atoms with Crippen LogP contribution in [0.5, 0.6) is 0 Å². The predicted octanol–water partition coefficient (Wildman–Crippen LogP) is 6.00. The number of fused-ring (bicyclic) bond motifs is 2. The number of hydrogen-bond donors (Lipinski definition) is 2. The maximum Gasteiger partial charge on any atom is 0.287 e. The van der Waals surface area contributed by atoms with E-state index in [1.165, 1.54) is 6.07 Å². The van der Waals surface area contributed by atoms with E-state index in [0.717, 1.165) is 24.3 Å². The number of aromatic nitrogens is 1. The Morgan fingerprint density at radius 3 is 2.29 bits per heavy atom. The van der Waals surface area contributed by atoms with Gasteiger partial charge in [-0.05, 0) is 74.9 Å². The average molecular weight is 556 g/mol. The molecule has 2 aliphatic rings. The lowest BCUT2D eigenvalue weighted by molar-refractivity contribution is 0.0876. The molecule has 10 heteroatoms. The Kier molecular flexibility index (Phi) is 6.40. The summed E-state index contributed by atoms with van der Waals surface area (Å²) in [7, 11) is 0. The molecule has 196 valence electrons. The van der Waals surface area contributed by atoms with Crippen molar-refractivity contribution in [3.05, 3.63) is 80.0 Å². The molecule has 6 rings (SSSR count). The van der Waals surface area contributed by atoms with E-state index in [2.05, 4.69) is 10.6 Å². The van der Waals surface area contributed by atoms with Crippen molar-refractivity contribution in [3.8, 4) is 0 Å². The summed E-state index contributed by atoms with van der Waals surface area (Å²) in [5.74, 6) is -1.24. The van der Waals surface area contributed by atoms with Gasteiger partial charge in [0.05, 0.1) is 10.5 Å². The molecule has 2 heterocycles. The van der Waals surface area contributed by atoms with E-state index < -0.39 is 17.2 Å². The molecule has 38 heavy (non-hydrogen) atoms. The summed E-state index contributed by atoms with van der Waals surface area (Å²) >= 11 is 12.0. The van der Waals surface area contributed by atoms with E-state index in [1.807, 2.05) is 4.57 Å². The number of amides is 2. The molecule has 7 nitrogen and oxygen atoms in total. The average Bonchev–Trinajstić information content (AvgIpc) is 3.64. The van der Waals surface area contributed by atoms with Gasteiger partial charge in [0.25, 0.3) is 11.8 Å². The van der Waals surface area contributed by atoms with E-state index in [0.29, 0.717) is 41.8 Å². The summed E-state index contributed by atoms with van der Waals surface area (Å²) in [6.07, 6.45) is 6.02. The Hall–Kier alpha value is -3.36. The standard InChI is InChI=1S/C28H24Cl2FN3O4/c29-15-1-8-24-14(9-15)10-25(38-24)28(37)33-17-4-2-16(3-5-17)32-27(36)20-13-34(18-6-7-18)23-12-21(30)22(31)11-19(23)26(20)35/h1,8-13,16-18H,2-7H2,(H,32,36)(H,33,37)/t16-,17-. The lowest BCUT2D eigenvalue weighted by Crippen LogP contribution is -2.44. The number of carbonyl (C=O) groups is 2. The third kappa shape index (κ3) is 4.78. The third-order valence-corrected chi connectivity index (χ3v) is 7.88. The first kappa shape index (κ1) is 24.9. The van der Waals surface area contributed by atoms with Crippen molar-refractivity contribution >= 4 is 56.9 Å². The van der Waals surface area contributed by atoms with Crippen LogP contribution in [0, 0.1) is 5.82 Å². The molecule has 2 saturated carbocycles. The first-order valence-corrected chi connectivity index (χ1v) is 13.4. The van der Waals surface area contributed by atoms with Crippen LogP contribution in [0.2, 0.25) is 10.0 Å². The highest BCUT2D eigenvalue weighted by Crippen LogP contribution is 2.37. The second kappa shape index (κ2) is 9.75. The fraction of sp³-hybridized carbons (Fsp3) is 0.321. The highest BCUT2D eigenvalue weighted by molar-refractivity contribution is 6.31. The summed E-state index contributed by atoms with van der Waals surface area (Å²) in [5.41, 5.74) is 0.597. The minimum Gasteiger partial charge on any atom is -0.451 e. The van der Waals surface area contributed by atoms with E-state index in [1.54, 1.807) is 30.5 Å². The van der Waals surface area contributed by atoms with Gasteiger partial charge in [0, 0.05) is 40.1 Å². The van der Waals surface area contributed by atoms with Crippen LogP contribution in [-0.2, 0) is 0 Å². The quantitative estimate of drug-likeness (QED) is 0.316. The fourth-order valence-electron chi connectivity index (χ4n) is 5.19. The van der Waals surface area contributed by atoms with Crippen LogP contribution in [0.25, 0.3) is 21.9 Å². The predicted molar refractivity (Wildman–Crippen MR) is 144 cm³/mol. The van der Waals surface area contributed by atoms with Crippen LogP contribution in [0.3, 0.4) is 0 Å². The Morgan fingerprint density at radius 2 is 1.61 bits per heavy atom. The van der Waals surface area contributed by atoms with Crippen LogP contribution < -0.4 is 16.1 Å². The zero-order valence-corrected chi connectivity index (χ0v) is 21.7. The van der Waals surface area contributed by atoms with Crippen molar-refractivity contribution in [2.75, 3.05) is 0 Å². The number of pyridine rings is 1. The lowest BCUT2D eigenvalue weighted by Gasteiger charge is -2.29. The smallest absolute Gasteiger partial charge is 0.287 e. The summed E-state index contributed by atoms with van der Waals surface area (Å²) < 4.78 is 21.7. The van der Waals surface area contributed by atoms with E-state index in [4.69, 9.17) is 27.6 Å². The molecule has 2 aromatic carbocycles. The lowest BCUT2D eigenvalue weighted by atomic mass is 9.91. The fourth-order valence-corrected chi connectivity index (χ4v) is 5.53. The van der Waals surface area contributed by atoms with Gasteiger partial charge in [-0.1, -0.05) is 23.2 Å². The van der Waals surface area contributed by atoms with Crippen molar-refractivity contribution in [2.24, 2.45) is 0 Å². The van der Waals surface area contributed by atoms with Gasteiger partial charge in [0.2, 0.25) is 5.43 Å². The molecule has 0 unspecified atom stereocenters. The highest BCUT2D eigenvalue weighted by Gasteiger charge is 2.29. The molecular weight excluding hydrogens is 532 g/mol. The molecule has 0 bridgehead atoms. The summed E-state index contributed by atoms with van der Waals surface area (Å²) in [6, 6.07) is 9.36. The number of carbonyl (C=O) groups excluding carboxylic acids is 2. The molecule has 0 radical (unpaired) electrons. The van der Waals surface area contributed by atoms with Crippen molar-refractivity contribution in [1.29, 1.82) is 0 Å². The first-order chi connectivity index (χ1) is 18.3. The molecule has 2 fully saturated rings. The number of rotatable bonds is 5. The van der Waals surface area contributed by atoms with E-state index in [-0.39, 0.29) is 45.8 Å². The van der Waals surface area contributed by atoms with Gasteiger partial charge in [0.15, 0.2) is 5.76 Å². The Labute approximate surface area is 226 Å². The van der Waals surface area contributed by atoms with Crippen LogP contribution in [0.1, 0.15) is 65.5 Å². The minimum atomic E-state index is -0.692. The van der Waals surface area contributed by atoms with Crippen LogP contribution in [-0.4, -0.2) is 28.5 Å². The van der Waals surface area contributed by atoms with Crippen LogP contribution >= 0.6 is 23.2 Å². The zero-order valence-electron chi connectivity index (χ0n) is 20.2. The van der Waals surface area contributed by atoms with Gasteiger partial charge < -0.3 is 19.6 Å². The molecule has 4 aromatic rings. The number of nitrogens with zero attached hydrogens (tertiary/aromatic N) is 1. The molecular formula is C28H24Cl2FN3O4. The van der Waals surface area contributed by atoms with E-state index >= 15 is 0 Å². The largest absolute Gasteiger partial charge is 0.451 e. The van der Waals surface area contributed by atoms with Crippen molar-refractivity contribution in [1.82, 2.24) is 15.2 Å². The Balaban J connectivity index is 1.12.